The molecular weight excluding hydrogens is 485 g/mol. The van der Waals surface area contributed by atoms with Crippen molar-refractivity contribution in [1.29, 1.82) is 0 Å². The number of rotatable bonds is 8. The molecule has 2 aromatic rings. The predicted octanol–water partition coefficient (Wildman–Crippen LogP) is 3.44. The van der Waals surface area contributed by atoms with Gasteiger partial charge in [-0.05, 0) is 48.0 Å². The number of benzene rings is 2. The fourth-order valence-corrected chi connectivity index (χ4v) is 4.50. The highest BCUT2D eigenvalue weighted by atomic mass is 35.5. The van der Waals surface area contributed by atoms with Gasteiger partial charge >= 0.3 is 18.0 Å². The third-order valence-electron chi connectivity index (χ3n) is 5.54. The van der Waals surface area contributed by atoms with E-state index >= 15 is 0 Å². The summed E-state index contributed by atoms with van der Waals surface area (Å²) in [5, 5.41) is 23.9. The molecule has 180 valence electrons. The lowest BCUT2D eigenvalue weighted by atomic mass is 9.85. The summed E-state index contributed by atoms with van der Waals surface area (Å²) in [5.41, 5.74) is 3.64. The summed E-state index contributed by atoms with van der Waals surface area (Å²) in [6.45, 7) is 1.30. The average Bonchev–Trinajstić information content (AvgIpc) is 2.74. The van der Waals surface area contributed by atoms with Crippen LogP contribution >= 0.6 is 23.2 Å². The number of carboxylic acids is 2. The third-order valence-corrected chi connectivity index (χ3v) is 6.09. The molecule has 3 rings (SSSR count). The molecule has 9 nitrogen and oxygen atoms in total. The monoisotopic (exact) mass is 507 g/mol. The molecule has 2 amide bonds. The molecule has 0 radical (unpaired) electrons. The van der Waals surface area contributed by atoms with Gasteiger partial charge in [-0.15, -0.1) is 0 Å². The number of urea groups is 1. The highest BCUT2D eigenvalue weighted by molar-refractivity contribution is 6.35. The number of fused-ring (bicyclic) bond motifs is 1. The molecular formula is C23H23Cl2N3O6. The minimum Gasteiger partial charge on any atom is -0.480 e. The summed E-state index contributed by atoms with van der Waals surface area (Å²) in [6, 6.07) is 10.3. The largest absolute Gasteiger partial charge is 0.480 e. The first kappa shape index (κ1) is 25.5. The molecule has 0 bridgehead atoms. The minimum absolute atomic E-state index is 0.0512. The van der Waals surface area contributed by atoms with Gasteiger partial charge in [0.2, 0.25) is 5.92 Å². The number of likely N-dealkylation sites (N-methyl/N-ethyl adjacent to an activating group) is 1. The number of nitrogens with zero attached hydrogens (tertiary/aromatic N) is 1. The van der Waals surface area contributed by atoms with Crippen LogP contribution < -0.4 is 10.6 Å². The summed E-state index contributed by atoms with van der Waals surface area (Å²) in [4.78, 5) is 47.8. The number of nitrogens with one attached hydrogen (secondary N) is 2. The van der Waals surface area contributed by atoms with Gasteiger partial charge in [-0.3, -0.25) is 14.4 Å². The number of carbonyl (C=O) groups is 4. The maximum Gasteiger partial charge on any atom is 0.325 e. The second-order valence-corrected chi connectivity index (χ2v) is 8.88. The number of ketones is 1. The molecule has 1 heterocycles. The normalized spacial score (nSPS) is 15.5. The van der Waals surface area contributed by atoms with Gasteiger partial charge in [0.25, 0.3) is 0 Å². The topological polar surface area (TPSA) is 136 Å². The predicted molar refractivity (Wildman–Crippen MR) is 126 cm³/mol. The smallest absolute Gasteiger partial charge is 0.325 e. The van der Waals surface area contributed by atoms with Gasteiger partial charge in [0, 0.05) is 47.7 Å². The van der Waals surface area contributed by atoms with E-state index in [9.17, 15) is 19.2 Å². The highest BCUT2D eigenvalue weighted by Gasteiger charge is 2.33. The van der Waals surface area contributed by atoms with Crippen LogP contribution in [0.2, 0.25) is 10.0 Å². The summed E-state index contributed by atoms with van der Waals surface area (Å²) in [5.74, 6) is -6.57. The van der Waals surface area contributed by atoms with Gasteiger partial charge in [0.1, 0.15) is 0 Å². The lowest BCUT2D eigenvalue weighted by Crippen LogP contribution is -2.35. The van der Waals surface area contributed by atoms with Crippen molar-refractivity contribution in [2.45, 2.75) is 18.9 Å². The molecule has 0 aliphatic carbocycles. The maximum absolute atomic E-state index is 12.1. The Kier molecular flexibility index (Phi) is 8.14. The molecule has 11 heteroatoms. The van der Waals surface area contributed by atoms with Crippen LogP contribution in [-0.2, 0) is 20.9 Å². The number of hydrogen-bond acceptors (Lipinski definition) is 5. The first-order chi connectivity index (χ1) is 16.1. The molecule has 1 atom stereocenters. The molecule has 0 aromatic heterocycles. The van der Waals surface area contributed by atoms with Crippen LogP contribution in [0.5, 0.6) is 0 Å². The van der Waals surface area contributed by atoms with E-state index in [4.69, 9.17) is 33.4 Å². The maximum atomic E-state index is 12.1. The Hall–Kier alpha value is -3.14. The van der Waals surface area contributed by atoms with E-state index in [-0.39, 0.29) is 12.5 Å². The number of anilines is 1. The van der Waals surface area contributed by atoms with Crippen molar-refractivity contribution < 1.29 is 29.4 Å². The fraction of sp³-hybridized carbons (Fsp3) is 0.304. The lowest BCUT2D eigenvalue weighted by Gasteiger charge is -2.33. The van der Waals surface area contributed by atoms with E-state index in [0.29, 0.717) is 15.7 Å². The number of carboxylic acid groups (broad SMARTS) is 2. The number of amides is 2. The van der Waals surface area contributed by atoms with Crippen molar-refractivity contribution in [2.24, 2.45) is 5.92 Å². The zero-order valence-corrected chi connectivity index (χ0v) is 19.7. The number of carbonyl (C=O) groups excluding carboxylic acids is 2. The van der Waals surface area contributed by atoms with E-state index in [1.54, 1.807) is 18.2 Å². The zero-order chi connectivity index (χ0) is 25.0. The van der Waals surface area contributed by atoms with Crippen LogP contribution in [-0.4, -0.2) is 59.0 Å². The van der Waals surface area contributed by atoms with Crippen LogP contribution in [0, 0.1) is 5.92 Å². The van der Waals surface area contributed by atoms with Crippen molar-refractivity contribution in [3.8, 4) is 0 Å². The van der Waals surface area contributed by atoms with Crippen LogP contribution in [0.25, 0.3) is 0 Å². The first-order valence-electron chi connectivity index (χ1n) is 10.4. The molecule has 1 unspecified atom stereocenters. The van der Waals surface area contributed by atoms with Gasteiger partial charge in [-0.1, -0.05) is 35.3 Å². The molecule has 2 aromatic carbocycles. The van der Waals surface area contributed by atoms with E-state index in [1.807, 2.05) is 25.2 Å². The molecule has 1 aliphatic rings. The van der Waals surface area contributed by atoms with E-state index in [0.717, 1.165) is 29.8 Å². The SMILES string of the molecule is CN1Cc2c(Cl)cc(Cl)cc2C(c2ccc(NC(=O)NCCC(=O)C(C(=O)O)C(=O)O)cc2)C1. The summed E-state index contributed by atoms with van der Waals surface area (Å²) in [6.07, 6.45) is -0.421. The quantitative estimate of drug-likeness (QED) is 0.401. The van der Waals surface area contributed by atoms with Gasteiger partial charge in [0.05, 0.1) is 0 Å². The second-order valence-electron chi connectivity index (χ2n) is 8.03. The summed E-state index contributed by atoms with van der Waals surface area (Å²) < 4.78 is 0. The van der Waals surface area contributed by atoms with Crippen LogP contribution in [0.3, 0.4) is 0 Å². The Morgan fingerprint density at radius 3 is 2.35 bits per heavy atom. The Balaban J connectivity index is 1.61. The third kappa shape index (κ3) is 6.05. The van der Waals surface area contributed by atoms with Crippen LogP contribution in [0.15, 0.2) is 36.4 Å². The van der Waals surface area contributed by atoms with Crippen molar-refractivity contribution in [1.82, 2.24) is 10.2 Å². The van der Waals surface area contributed by atoms with Gasteiger partial charge < -0.3 is 25.7 Å². The minimum atomic E-state index is -2.15. The Morgan fingerprint density at radius 1 is 1.09 bits per heavy atom. The van der Waals surface area contributed by atoms with Gasteiger partial charge in [-0.25, -0.2) is 4.79 Å². The Bertz CT molecular complexity index is 1110. The summed E-state index contributed by atoms with van der Waals surface area (Å²) in [7, 11) is 2.01. The standard InChI is InChI=1S/C23H23Cl2N3O6/c1-28-10-16(15-8-13(24)9-18(25)17(15)11-28)12-2-4-14(5-3-12)27-23(34)26-7-6-19(29)20(21(30)31)22(32)33/h2-5,8-9,16,20H,6-7,10-11H2,1H3,(H,30,31)(H,32,33)(H2,26,27,34). The van der Waals surface area contributed by atoms with Crippen molar-refractivity contribution in [2.75, 3.05) is 25.5 Å². The Morgan fingerprint density at radius 2 is 1.74 bits per heavy atom. The zero-order valence-electron chi connectivity index (χ0n) is 18.2. The van der Waals surface area contributed by atoms with Gasteiger partial charge in [-0.2, -0.15) is 0 Å². The highest BCUT2D eigenvalue weighted by Crippen LogP contribution is 2.38. The van der Waals surface area contributed by atoms with Crippen molar-refractivity contribution in [3.05, 3.63) is 63.1 Å². The molecule has 0 saturated carbocycles. The summed E-state index contributed by atoms with van der Waals surface area (Å²) >= 11 is 12.6. The van der Waals surface area contributed by atoms with Crippen LogP contribution in [0.4, 0.5) is 10.5 Å². The molecule has 0 spiro atoms. The molecule has 1 aliphatic heterocycles. The number of halogens is 2. The van der Waals surface area contributed by atoms with Crippen molar-refractivity contribution in [3.63, 3.8) is 0 Å². The molecule has 0 fully saturated rings. The number of Topliss-reactive ketones (excluding diaryl/α,β-unsaturated/α-hetero) is 1. The molecule has 4 N–H and O–H groups in total. The first-order valence-corrected chi connectivity index (χ1v) is 11.1. The van der Waals surface area contributed by atoms with Crippen molar-refractivity contribution >= 4 is 52.6 Å². The molecule has 0 saturated heterocycles. The fourth-order valence-electron chi connectivity index (χ4n) is 3.93. The van der Waals surface area contributed by atoms with Gasteiger partial charge in [0.15, 0.2) is 5.78 Å². The van der Waals surface area contributed by atoms with Crippen LogP contribution in [0.1, 0.15) is 29.0 Å². The van der Waals surface area contributed by atoms with E-state index < -0.39 is 36.1 Å². The second kappa shape index (κ2) is 10.9. The Labute approximate surface area is 205 Å². The number of aliphatic carboxylic acids is 2. The number of hydrogen-bond donors (Lipinski definition) is 4. The average molecular weight is 508 g/mol. The van der Waals surface area contributed by atoms with E-state index in [2.05, 4.69) is 15.5 Å². The van der Waals surface area contributed by atoms with E-state index in [1.165, 1.54) is 0 Å². The molecule has 34 heavy (non-hydrogen) atoms. The lowest BCUT2D eigenvalue weighted by molar-refractivity contribution is -0.157.